The first kappa shape index (κ1) is 17.6. The summed E-state index contributed by atoms with van der Waals surface area (Å²) in [4.78, 5) is 12.4. The van der Waals surface area contributed by atoms with Gasteiger partial charge in [0.2, 0.25) is 0 Å². The van der Waals surface area contributed by atoms with Crippen LogP contribution in [0.5, 0.6) is 0 Å². The number of aromatic nitrogens is 1. The standard InChI is InChI=1S/C15H12BrN3O4S2/c1-9-12(16)14(18-23-9)19-25(21,22)11-7-8-24-13(11)15(20)17-10-5-3-2-4-6-10/h2-8H,1H3,(H,17,20)(H,18,19). The number of benzene rings is 1. The maximum Gasteiger partial charge on any atom is 0.267 e. The van der Waals surface area contributed by atoms with Crippen LogP contribution >= 0.6 is 27.3 Å². The minimum Gasteiger partial charge on any atom is -0.358 e. The van der Waals surface area contributed by atoms with Gasteiger partial charge < -0.3 is 9.84 Å². The highest BCUT2D eigenvalue weighted by Crippen LogP contribution is 2.29. The lowest BCUT2D eigenvalue weighted by Gasteiger charge is -2.08. The Morgan fingerprint density at radius 3 is 2.60 bits per heavy atom. The van der Waals surface area contributed by atoms with E-state index in [-0.39, 0.29) is 15.6 Å². The van der Waals surface area contributed by atoms with Crippen LogP contribution in [0.2, 0.25) is 0 Å². The molecule has 0 radical (unpaired) electrons. The zero-order valence-electron chi connectivity index (χ0n) is 12.8. The predicted octanol–water partition coefficient (Wildman–Crippen LogP) is 3.86. The van der Waals surface area contributed by atoms with E-state index in [1.165, 1.54) is 11.4 Å². The summed E-state index contributed by atoms with van der Waals surface area (Å²) in [5.41, 5.74) is 0.576. The van der Waals surface area contributed by atoms with Crippen LogP contribution in [0.3, 0.4) is 0 Å². The summed E-state index contributed by atoms with van der Waals surface area (Å²) >= 11 is 4.23. The van der Waals surface area contributed by atoms with Crippen molar-refractivity contribution in [3.8, 4) is 0 Å². The highest BCUT2D eigenvalue weighted by Gasteiger charge is 2.26. The van der Waals surface area contributed by atoms with E-state index in [4.69, 9.17) is 4.52 Å². The largest absolute Gasteiger partial charge is 0.358 e. The summed E-state index contributed by atoms with van der Waals surface area (Å²) in [6.07, 6.45) is 0. The van der Waals surface area contributed by atoms with Crippen molar-refractivity contribution >= 4 is 54.7 Å². The molecule has 0 saturated carbocycles. The van der Waals surface area contributed by atoms with Crippen molar-refractivity contribution in [3.05, 3.63) is 56.9 Å². The van der Waals surface area contributed by atoms with Crippen LogP contribution in [0.1, 0.15) is 15.4 Å². The van der Waals surface area contributed by atoms with Crippen LogP contribution in [0.25, 0.3) is 0 Å². The number of carbonyl (C=O) groups excluding carboxylic acids is 1. The van der Waals surface area contributed by atoms with E-state index in [0.29, 0.717) is 15.9 Å². The molecule has 1 aromatic carbocycles. The van der Waals surface area contributed by atoms with Gasteiger partial charge in [0.1, 0.15) is 20.0 Å². The van der Waals surface area contributed by atoms with Crippen LogP contribution in [0.4, 0.5) is 11.5 Å². The molecule has 3 aromatic rings. The lowest BCUT2D eigenvalue weighted by atomic mass is 10.3. The Morgan fingerprint density at radius 1 is 1.24 bits per heavy atom. The molecule has 3 rings (SSSR count). The lowest BCUT2D eigenvalue weighted by Crippen LogP contribution is -2.18. The highest BCUT2D eigenvalue weighted by atomic mass is 79.9. The number of hydrogen-bond donors (Lipinski definition) is 2. The molecule has 7 nitrogen and oxygen atoms in total. The molecular weight excluding hydrogens is 430 g/mol. The van der Waals surface area contributed by atoms with E-state index in [0.717, 1.165) is 11.3 Å². The summed E-state index contributed by atoms with van der Waals surface area (Å²) in [6.45, 7) is 1.64. The van der Waals surface area contributed by atoms with E-state index >= 15 is 0 Å². The van der Waals surface area contributed by atoms with Crippen LogP contribution in [-0.4, -0.2) is 19.5 Å². The smallest absolute Gasteiger partial charge is 0.267 e. The molecule has 0 fully saturated rings. The van der Waals surface area contributed by atoms with Crippen molar-refractivity contribution in [1.82, 2.24) is 5.16 Å². The maximum absolute atomic E-state index is 12.6. The summed E-state index contributed by atoms with van der Waals surface area (Å²) in [5, 5.41) is 7.85. The Balaban J connectivity index is 1.87. The summed E-state index contributed by atoms with van der Waals surface area (Å²) in [6, 6.07) is 10.2. The van der Waals surface area contributed by atoms with E-state index in [1.54, 1.807) is 31.2 Å². The van der Waals surface area contributed by atoms with E-state index < -0.39 is 15.9 Å². The second-order valence-electron chi connectivity index (χ2n) is 4.94. The molecule has 1 amide bonds. The molecule has 0 bridgehead atoms. The third kappa shape index (κ3) is 3.75. The molecule has 0 aliphatic rings. The molecular formula is C15H12BrN3O4S2. The SMILES string of the molecule is Cc1onc(NS(=O)(=O)c2ccsc2C(=O)Nc2ccccc2)c1Br. The first-order valence-corrected chi connectivity index (χ1v) is 10.1. The number of para-hydroxylation sites is 1. The van der Waals surface area contributed by atoms with Gasteiger partial charge >= 0.3 is 0 Å². The molecule has 0 spiro atoms. The zero-order valence-corrected chi connectivity index (χ0v) is 16.0. The Labute approximate surface area is 156 Å². The Bertz CT molecular complexity index is 1010. The number of thiophene rings is 1. The number of anilines is 2. The van der Waals surface area contributed by atoms with Crippen LogP contribution < -0.4 is 10.0 Å². The van der Waals surface area contributed by atoms with Crippen molar-refractivity contribution in [3.63, 3.8) is 0 Å². The average Bonchev–Trinajstić information content (AvgIpc) is 3.19. The molecule has 0 atom stereocenters. The highest BCUT2D eigenvalue weighted by molar-refractivity contribution is 9.10. The van der Waals surface area contributed by atoms with Gasteiger partial charge in [0.05, 0.1) is 0 Å². The molecule has 130 valence electrons. The number of carbonyl (C=O) groups is 1. The normalized spacial score (nSPS) is 11.3. The number of nitrogens with zero attached hydrogens (tertiary/aromatic N) is 1. The fourth-order valence-electron chi connectivity index (χ4n) is 1.99. The van der Waals surface area contributed by atoms with Gasteiger partial charge in [0, 0.05) is 5.69 Å². The van der Waals surface area contributed by atoms with Crippen molar-refractivity contribution < 1.29 is 17.7 Å². The van der Waals surface area contributed by atoms with Crippen LogP contribution in [-0.2, 0) is 10.0 Å². The second-order valence-corrected chi connectivity index (χ2v) is 8.30. The van der Waals surface area contributed by atoms with Gasteiger partial charge in [0.25, 0.3) is 15.9 Å². The predicted molar refractivity (Wildman–Crippen MR) is 98.5 cm³/mol. The molecule has 10 heteroatoms. The fourth-order valence-corrected chi connectivity index (χ4v) is 4.70. The molecule has 2 heterocycles. The number of rotatable bonds is 5. The monoisotopic (exact) mass is 441 g/mol. The lowest BCUT2D eigenvalue weighted by molar-refractivity contribution is 0.102. The first-order chi connectivity index (χ1) is 11.9. The van der Waals surface area contributed by atoms with Crippen molar-refractivity contribution in [1.29, 1.82) is 0 Å². The van der Waals surface area contributed by atoms with Crippen LogP contribution in [0, 0.1) is 6.92 Å². The molecule has 0 unspecified atom stereocenters. The fraction of sp³-hybridized carbons (Fsp3) is 0.0667. The van der Waals surface area contributed by atoms with E-state index in [1.807, 2.05) is 6.07 Å². The first-order valence-electron chi connectivity index (χ1n) is 6.97. The van der Waals surface area contributed by atoms with E-state index in [2.05, 4.69) is 31.1 Å². The number of sulfonamides is 1. The molecule has 2 aromatic heterocycles. The van der Waals surface area contributed by atoms with Gasteiger partial charge in [-0.3, -0.25) is 9.52 Å². The number of amides is 1. The molecule has 0 aliphatic carbocycles. The van der Waals surface area contributed by atoms with Crippen molar-refractivity contribution in [2.45, 2.75) is 11.8 Å². The number of halogens is 1. The summed E-state index contributed by atoms with van der Waals surface area (Å²) < 4.78 is 32.9. The molecule has 2 N–H and O–H groups in total. The van der Waals surface area contributed by atoms with E-state index in [9.17, 15) is 13.2 Å². The topological polar surface area (TPSA) is 101 Å². The number of aryl methyl sites for hydroxylation is 1. The third-order valence-electron chi connectivity index (χ3n) is 3.18. The average molecular weight is 442 g/mol. The second kappa shape index (κ2) is 6.98. The van der Waals surface area contributed by atoms with Gasteiger partial charge in [-0.1, -0.05) is 23.4 Å². The summed E-state index contributed by atoms with van der Waals surface area (Å²) in [7, 11) is -4.00. The third-order valence-corrected chi connectivity index (χ3v) is 6.54. The van der Waals surface area contributed by atoms with Gasteiger partial charge in [-0.2, -0.15) is 0 Å². The number of nitrogens with one attached hydrogen (secondary N) is 2. The van der Waals surface area contributed by atoms with Crippen molar-refractivity contribution in [2.24, 2.45) is 0 Å². The molecule has 0 aliphatic heterocycles. The Morgan fingerprint density at radius 2 is 1.96 bits per heavy atom. The van der Waals surface area contributed by atoms with Gasteiger partial charge in [-0.05, 0) is 46.4 Å². The molecule has 0 saturated heterocycles. The quantitative estimate of drug-likeness (QED) is 0.625. The number of hydrogen-bond acceptors (Lipinski definition) is 6. The summed E-state index contributed by atoms with van der Waals surface area (Å²) in [5.74, 6) is -0.0415. The Hall–Kier alpha value is -2.17. The maximum atomic E-state index is 12.6. The zero-order chi connectivity index (χ0) is 18.0. The molecule has 25 heavy (non-hydrogen) atoms. The Kier molecular flexibility index (Phi) is 4.93. The van der Waals surface area contributed by atoms with Gasteiger partial charge in [-0.15, -0.1) is 11.3 Å². The minimum atomic E-state index is -4.00. The van der Waals surface area contributed by atoms with Gasteiger partial charge in [0.15, 0.2) is 5.82 Å². The van der Waals surface area contributed by atoms with Crippen LogP contribution in [0.15, 0.2) is 55.7 Å². The minimum absolute atomic E-state index is 0.0260. The van der Waals surface area contributed by atoms with Gasteiger partial charge in [-0.25, -0.2) is 8.42 Å². The van der Waals surface area contributed by atoms with Crippen molar-refractivity contribution in [2.75, 3.05) is 10.0 Å².